The maximum absolute atomic E-state index is 11.9. The van der Waals surface area contributed by atoms with Gasteiger partial charge in [0.1, 0.15) is 0 Å². The molecular weight excluding hydrogens is 328 g/mol. The molecule has 0 unspecified atom stereocenters. The lowest BCUT2D eigenvalue weighted by Crippen LogP contribution is -2.53. The molecule has 156 valence electrons. The maximum Gasteiger partial charge on any atom is 0.318 e. The van der Waals surface area contributed by atoms with Gasteiger partial charge in [0.05, 0.1) is 0 Å². The van der Waals surface area contributed by atoms with Gasteiger partial charge in [-0.05, 0) is 83.1 Å². The molecule has 6 nitrogen and oxygen atoms in total. The van der Waals surface area contributed by atoms with Gasteiger partial charge in [-0.2, -0.15) is 0 Å². The van der Waals surface area contributed by atoms with Gasteiger partial charge in [0.15, 0.2) is 0 Å². The van der Waals surface area contributed by atoms with Crippen molar-refractivity contribution in [2.45, 2.75) is 113 Å². The van der Waals surface area contributed by atoms with Crippen LogP contribution in [0.2, 0.25) is 0 Å². The molecule has 0 radical (unpaired) electrons. The molecule has 0 aromatic heterocycles. The highest BCUT2D eigenvalue weighted by Crippen LogP contribution is 2.08. The van der Waals surface area contributed by atoms with Crippen LogP contribution in [0.25, 0.3) is 0 Å². The molecule has 2 N–H and O–H groups in total. The first-order valence-corrected chi connectivity index (χ1v) is 9.82. The molecule has 26 heavy (non-hydrogen) atoms. The van der Waals surface area contributed by atoms with Crippen molar-refractivity contribution >= 4 is 12.1 Å². The van der Waals surface area contributed by atoms with E-state index in [1.807, 2.05) is 92.9 Å². The average Bonchev–Trinajstić information content (AvgIpc) is 2.34. The van der Waals surface area contributed by atoms with E-state index in [9.17, 15) is 9.59 Å². The van der Waals surface area contributed by atoms with Gasteiger partial charge in [0, 0.05) is 36.3 Å². The van der Waals surface area contributed by atoms with E-state index >= 15 is 0 Å². The second-order valence-corrected chi connectivity index (χ2v) is 8.71. The predicted octanol–water partition coefficient (Wildman–Crippen LogP) is 4.45. The Morgan fingerprint density at radius 3 is 1.27 bits per heavy atom. The van der Waals surface area contributed by atoms with Crippen LogP contribution in [0.15, 0.2) is 0 Å². The number of hydrogen-bond acceptors (Lipinski definition) is 2. The quantitative estimate of drug-likeness (QED) is 0.749. The number of hydrogen-bond donors (Lipinski definition) is 2. The topological polar surface area (TPSA) is 64.7 Å². The molecule has 0 aliphatic carbocycles. The standard InChI is InChI=1S/C11H24N2O.C9H20N2O/c1-8(2)13(9(3)4)10(14)12-11(5,6)7;1-6-10-9(12)11(7(2)3)8(4)5/h8-9H,1-7H3,(H,12,14);7-8H,6H2,1-5H3,(H,10,12). The average molecular weight is 373 g/mol. The van der Waals surface area contributed by atoms with E-state index < -0.39 is 0 Å². The van der Waals surface area contributed by atoms with Crippen molar-refractivity contribution in [1.29, 1.82) is 0 Å². The predicted molar refractivity (Wildman–Crippen MR) is 112 cm³/mol. The Hall–Kier alpha value is -1.46. The van der Waals surface area contributed by atoms with Crippen molar-refractivity contribution in [3.63, 3.8) is 0 Å². The maximum atomic E-state index is 11.9. The van der Waals surface area contributed by atoms with Crippen molar-refractivity contribution < 1.29 is 9.59 Å². The highest BCUT2D eigenvalue weighted by Gasteiger charge is 2.23. The van der Waals surface area contributed by atoms with E-state index in [0.29, 0.717) is 6.54 Å². The number of amides is 4. The van der Waals surface area contributed by atoms with Gasteiger partial charge in [-0.3, -0.25) is 0 Å². The third-order valence-corrected chi connectivity index (χ3v) is 3.50. The van der Waals surface area contributed by atoms with Gasteiger partial charge in [-0.25, -0.2) is 9.59 Å². The normalized spacial score (nSPS) is 11.4. The summed E-state index contributed by atoms with van der Waals surface area (Å²) in [6.07, 6.45) is 0. The molecule has 6 heteroatoms. The van der Waals surface area contributed by atoms with E-state index in [4.69, 9.17) is 0 Å². The third-order valence-electron chi connectivity index (χ3n) is 3.50. The van der Waals surface area contributed by atoms with Gasteiger partial charge < -0.3 is 20.4 Å². The van der Waals surface area contributed by atoms with Gasteiger partial charge >= 0.3 is 12.1 Å². The first kappa shape index (κ1) is 26.8. The number of carbonyl (C=O) groups excluding carboxylic acids is 2. The van der Waals surface area contributed by atoms with Crippen molar-refractivity contribution in [3.8, 4) is 0 Å². The minimum Gasteiger partial charge on any atom is -0.338 e. The van der Waals surface area contributed by atoms with E-state index in [0.717, 1.165) is 0 Å². The largest absolute Gasteiger partial charge is 0.338 e. The van der Waals surface area contributed by atoms with E-state index in [1.165, 1.54) is 0 Å². The molecule has 0 aliphatic rings. The first-order valence-electron chi connectivity index (χ1n) is 9.82. The van der Waals surface area contributed by atoms with Crippen molar-refractivity contribution in [3.05, 3.63) is 0 Å². The number of carbonyl (C=O) groups is 2. The number of rotatable bonds is 5. The lowest BCUT2D eigenvalue weighted by Gasteiger charge is -2.34. The van der Waals surface area contributed by atoms with E-state index in [2.05, 4.69) is 10.6 Å². The molecule has 0 bridgehead atoms. The Labute approximate surface area is 162 Å². The summed E-state index contributed by atoms with van der Waals surface area (Å²) in [6, 6.07) is 1.04. The molecule has 0 aliphatic heterocycles. The summed E-state index contributed by atoms with van der Waals surface area (Å²) in [5.74, 6) is 0. The molecule has 4 amide bonds. The van der Waals surface area contributed by atoms with Crippen LogP contribution < -0.4 is 10.6 Å². The summed E-state index contributed by atoms with van der Waals surface area (Å²) in [5, 5.41) is 5.76. The van der Waals surface area contributed by atoms with Gasteiger partial charge in [0.25, 0.3) is 0 Å². The summed E-state index contributed by atoms with van der Waals surface area (Å²) in [5.41, 5.74) is -0.168. The van der Waals surface area contributed by atoms with E-state index in [1.54, 1.807) is 0 Å². The zero-order chi connectivity index (χ0) is 21.2. The fourth-order valence-corrected chi connectivity index (χ4v) is 2.76. The van der Waals surface area contributed by atoms with Crippen molar-refractivity contribution in [1.82, 2.24) is 20.4 Å². The Bertz CT molecular complexity index is 397. The van der Waals surface area contributed by atoms with Gasteiger partial charge in [-0.15, -0.1) is 0 Å². The zero-order valence-corrected chi connectivity index (χ0v) is 19.2. The number of urea groups is 2. The van der Waals surface area contributed by atoms with Crippen molar-refractivity contribution in [2.75, 3.05) is 6.54 Å². The van der Waals surface area contributed by atoms with E-state index in [-0.39, 0.29) is 41.8 Å². The molecule has 0 rings (SSSR count). The summed E-state index contributed by atoms with van der Waals surface area (Å²) in [6.45, 7) is 24.8. The zero-order valence-electron chi connectivity index (χ0n) is 19.2. The lowest BCUT2D eigenvalue weighted by atomic mass is 10.1. The second kappa shape index (κ2) is 12.0. The molecule has 0 atom stereocenters. The van der Waals surface area contributed by atoms with Crippen LogP contribution in [0.4, 0.5) is 9.59 Å². The summed E-state index contributed by atoms with van der Waals surface area (Å²) in [4.78, 5) is 27.0. The highest BCUT2D eigenvalue weighted by atomic mass is 16.2. The van der Waals surface area contributed by atoms with Crippen LogP contribution in [0.3, 0.4) is 0 Å². The van der Waals surface area contributed by atoms with Crippen LogP contribution in [0.1, 0.15) is 83.1 Å². The highest BCUT2D eigenvalue weighted by molar-refractivity contribution is 5.75. The van der Waals surface area contributed by atoms with Crippen LogP contribution in [0, 0.1) is 0 Å². The lowest BCUT2D eigenvalue weighted by molar-refractivity contribution is 0.157. The summed E-state index contributed by atoms with van der Waals surface area (Å²) >= 11 is 0. The molecule has 0 saturated heterocycles. The summed E-state index contributed by atoms with van der Waals surface area (Å²) in [7, 11) is 0. The number of nitrogens with one attached hydrogen (secondary N) is 2. The molecule has 0 aromatic carbocycles. The first-order chi connectivity index (χ1) is 11.7. The van der Waals surface area contributed by atoms with Crippen LogP contribution in [-0.4, -0.2) is 58.1 Å². The van der Waals surface area contributed by atoms with Crippen molar-refractivity contribution in [2.24, 2.45) is 0 Å². The molecule has 0 fully saturated rings. The smallest absolute Gasteiger partial charge is 0.318 e. The monoisotopic (exact) mass is 372 g/mol. The van der Waals surface area contributed by atoms with Crippen LogP contribution >= 0.6 is 0 Å². The third kappa shape index (κ3) is 11.2. The van der Waals surface area contributed by atoms with Crippen LogP contribution in [-0.2, 0) is 0 Å². The van der Waals surface area contributed by atoms with Gasteiger partial charge in [0.2, 0.25) is 0 Å². The molecular formula is C20H44N4O2. The molecule has 0 heterocycles. The Kier molecular flexibility index (Phi) is 12.4. The Morgan fingerprint density at radius 1 is 0.731 bits per heavy atom. The minimum absolute atomic E-state index is 0.0162. The number of nitrogens with zero attached hydrogens (tertiary/aromatic N) is 2. The molecule has 0 spiro atoms. The molecule has 0 saturated carbocycles. The minimum atomic E-state index is -0.168. The molecule has 0 aromatic rings. The van der Waals surface area contributed by atoms with Gasteiger partial charge in [-0.1, -0.05) is 0 Å². The SMILES string of the molecule is CC(C)N(C(=O)NC(C)(C)C)C(C)C.CCNC(=O)N(C(C)C)C(C)C. The summed E-state index contributed by atoms with van der Waals surface area (Å²) < 4.78 is 0. The second-order valence-electron chi connectivity index (χ2n) is 8.71. The fraction of sp³-hybridized carbons (Fsp3) is 0.900. The Morgan fingerprint density at radius 2 is 1.04 bits per heavy atom. The van der Waals surface area contributed by atoms with Crippen LogP contribution in [0.5, 0.6) is 0 Å². The Balaban J connectivity index is 0. The fourth-order valence-electron chi connectivity index (χ4n) is 2.76.